The van der Waals surface area contributed by atoms with Crippen LogP contribution in [-0.2, 0) is 0 Å². The summed E-state index contributed by atoms with van der Waals surface area (Å²) in [4.78, 5) is 32.9. The molecule has 0 bridgehead atoms. The molecule has 0 radical (unpaired) electrons. The number of hydrogen-bond acceptors (Lipinski definition) is 9. The first-order valence-corrected chi connectivity index (χ1v) is 11.6. The summed E-state index contributed by atoms with van der Waals surface area (Å²) in [7, 11) is 0. The van der Waals surface area contributed by atoms with E-state index in [1.807, 2.05) is 0 Å². The molecule has 1 aliphatic rings. The van der Waals surface area contributed by atoms with Crippen LogP contribution in [0.3, 0.4) is 0 Å². The van der Waals surface area contributed by atoms with Crippen LogP contribution in [0, 0.1) is 10.1 Å². The molecule has 11 nitrogen and oxygen atoms in total. The molecule has 1 N–H and O–H groups in total. The van der Waals surface area contributed by atoms with E-state index < -0.39 is 10.8 Å². The Balaban J connectivity index is 1.47. The number of benzene rings is 2. The van der Waals surface area contributed by atoms with Gasteiger partial charge in [0.2, 0.25) is 6.79 Å². The van der Waals surface area contributed by atoms with Crippen molar-refractivity contribution in [3.8, 4) is 28.6 Å². The number of amides is 1. The zero-order valence-electron chi connectivity index (χ0n) is 18.0. The van der Waals surface area contributed by atoms with Crippen LogP contribution in [0.4, 0.5) is 10.8 Å². The summed E-state index contributed by atoms with van der Waals surface area (Å²) in [5, 5.41) is 19.2. The Bertz CT molecular complexity index is 1670. The van der Waals surface area contributed by atoms with Gasteiger partial charge >= 0.3 is 5.00 Å². The third-order valence-corrected chi connectivity index (χ3v) is 6.65. The number of carbonyl (C=O) groups is 1. The Morgan fingerprint density at radius 1 is 1.08 bits per heavy atom. The molecule has 5 aromatic rings. The van der Waals surface area contributed by atoms with E-state index in [0.29, 0.717) is 44.6 Å². The second-order valence-electron chi connectivity index (χ2n) is 7.58. The molecule has 0 saturated heterocycles. The maximum Gasteiger partial charge on any atom is 0.324 e. The number of ether oxygens (including phenoxy) is 2. The summed E-state index contributed by atoms with van der Waals surface area (Å²) in [6, 6.07) is 15.0. The van der Waals surface area contributed by atoms with E-state index in [1.165, 1.54) is 12.1 Å². The normalized spacial score (nSPS) is 12.1. The average Bonchev–Trinajstić information content (AvgIpc) is 3.63. The van der Waals surface area contributed by atoms with E-state index in [2.05, 4.69) is 15.4 Å². The predicted molar refractivity (Wildman–Crippen MR) is 132 cm³/mol. The van der Waals surface area contributed by atoms with E-state index in [4.69, 9.17) is 26.1 Å². The number of rotatable bonds is 5. The van der Waals surface area contributed by atoms with E-state index in [0.717, 1.165) is 11.3 Å². The topological polar surface area (TPSA) is 134 Å². The first kappa shape index (κ1) is 21.9. The fraction of sp³-hybridized carbons (Fsp3) is 0.0435. The van der Waals surface area contributed by atoms with Gasteiger partial charge in [-0.3, -0.25) is 14.9 Å². The van der Waals surface area contributed by atoms with Gasteiger partial charge < -0.3 is 14.8 Å². The number of aromatic nitrogens is 4. The highest BCUT2D eigenvalue weighted by Crippen LogP contribution is 2.36. The third kappa shape index (κ3) is 3.87. The lowest BCUT2D eigenvalue weighted by atomic mass is 10.2. The molecule has 0 spiro atoms. The van der Waals surface area contributed by atoms with Gasteiger partial charge in [0.1, 0.15) is 5.82 Å². The smallest absolute Gasteiger partial charge is 0.324 e. The highest BCUT2D eigenvalue weighted by atomic mass is 35.5. The number of fused-ring (bicyclic) bond motifs is 2. The number of hydrogen-bond donors (Lipinski definition) is 1. The van der Waals surface area contributed by atoms with Gasteiger partial charge in [0.15, 0.2) is 23.0 Å². The summed E-state index contributed by atoms with van der Waals surface area (Å²) >= 11 is 6.81. The fourth-order valence-electron chi connectivity index (χ4n) is 3.66. The molecular weight excluding hydrogens is 508 g/mol. The molecule has 0 aliphatic carbocycles. The third-order valence-electron chi connectivity index (χ3n) is 5.36. The number of nitro groups is 1. The quantitative estimate of drug-likeness (QED) is 0.250. The Kier molecular flexibility index (Phi) is 5.24. The maximum atomic E-state index is 12.9. The Morgan fingerprint density at radius 3 is 2.67 bits per heavy atom. The lowest BCUT2D eigenvalue weighted by Gasteiger charge is -2.09. The zero-order valence-corrected chi connectivity index (χ0v) is 19.6. The van der Waals surface area contributed by atoms with Crippen LogP contribution in [-0.4, -0.2) is 37.4 Å². The van der Waals surface area contributed by atoms with Crippen molar-refractivity contribution in [1.29, 1.82) is 0 Å². The van der Waals surface area contributed by atoms with Crippen molar-refractivity contribution in [2.75, 3.05) is 12.1 Å². The van der Waals surface area contributed by atoms with Gasteiger partial charge in [-0.05, 0) is 48.5 Å². The highest BCUT2D eigenvalue weighted by molar-refractivity contribution is 7.17. The molecule has 178 valence electrons. The van der Waals surface area contributed by atoms with Crippen molar-refractivity contribution in [3.05, 3.63) is 80.8 Å². The highest BCUT2D eigenvalue weighted by Gasteiger charge is 2.21. The standard InChI is InChI=1S/C23H13ClN6O5S/c24-13-2-4-14(5-3-13)29-22-15(10-25-29)21(28-23(31)18-7-8-19(36-18)30(32)33)26-20(27-22)12-1-6-16-17(9-12)35-11-34-16/h1-10H,11H2,(H,26,27,28,31). The largest absolute Gasteiger partial charge is 0.454 e. The van der Waals surface area contributed by atoms with Crippen LogP contribution in [0.25, 0.3) is 28.1 Å². The van der Waals surface area contributed by atoms with Crippen LogP contribution in [0.5, 0.6) is 11.5 Å². The predicted octanol–water partition coefficient (Wildman–Crippen LogP) is 5.09. The van der Waals surface area contributed by atoms with Gasteiger partial charge in [-0.25, -0.2) is 14.6 Å². The molecule has 13 heteroatoms. The van der Waals surface area contributed by atoms with Crippen LogP contribution >= 0.6 is 22.9 Å². The molecule has 36 heavy (non-hydrogen) atoms. The number of carbonyl (C=O) groups excluding carboxylic acids is 1. The number of nitrogens with one attached hydrogen (secondary N) is 1. The Hall–Kier alpha value is -4.55. The van der Waals surface area contributed by atoms with Crippen molar-refractivity contribution in [1.82, 2.24) is 19.7 Å². The molecule has 4 heterocycles. The summed E-state index contributed by atoms with van der Waals surface area (Å²) in [6.07, 6.45) is 1.54. The minimum absolute atomic E-state index is 0.121. The summed E-state index contributed by atoms with van der Waals surface area (Å²) < 4.78 is 12.5. The molecule has 6 rings (SSSR count). The molecule has 0 unspecified atom stereocenters. The maximum absolute atomic E-state index is 12.9. The number of thiophene rings is 1. The van der Waals surface area contributed by atoms with Crippen molar-refractivity contribution in [3.63, 3.8) is 0 Å². The monoisotopic (exact) mass is 520 g/mol. The second-order valence-corrected chi connectivity index (χ2v) is 9.08. The van der Waals surface area contributed by atoms with Gasteiger partial charge in [0.05, 0.1) is 27.1 Å². The summed E-state index contributed by atoms with van der Waals surface area (Å²) in [5.74, 6) is 1.14. The molecular formula is C23H13ClN6O5S. The molecule has 1 amide bonds. The van der Waals surface area contributed by atoms with Crippen LogP contribution < -0.4 is 14.8 Å². The van der Waals surface area contributed by atoms with Gasteiger partial charge in [-0.15, -0.1) is 0 Å². The van der Waals surface area contributed by atoms with Crippen LogP contribution in [0.15, 0.2) is 60.8 Å². The lowest BCUT2D eigenvalue weighted by Crippen LogP contribution is -2.12. The van der Waals surface area contributed by atoms with E-state index in [9.17, 15) is 14.9 Å². The SMILES string of the molecule is O=C(Nc1nc(-c2ccc3c(c2)OCO3)nc2c1cnn2-c1ccc(Cl)cc1)c1ccc([N+](=O)[O-])s1. The number of anilines is 1. The molecule has 1 aliphatic heterocycles. The van der Waals surface area contributed by atoms with Crippen LogP contribution in [0.2, 0.25) is 5.02 Å². The summed E-state index contributed by atoms with van der Waals surface area (Å²) in [5.41, 5.74) is 1.77. The number of halogens is 1. The molecule has 0 fully saturated rings. The zero-order chi connectivity index (χ0) is 24.8. The fourth-order valence-corrected chi connectivity index (χ4v) is 4.50. The van der Waals surface area contributed by atoms with E-state index >= 15 is 0 Å². The molecule has 2 aromatic carbocycles. The average molecular weight is 521 g/mol. The molecule has 3 aromatic heterocycles. The van der Waals surface area contributed by atoms with Gasteiger partial charge in [0, 0.05) is 16.7 Å². The summed E-state index contributed by atoms with van der Waals surface area (Å²) in [6.45, 7) is 0.121. The molecule has 0 atom stereocenters. The van der Waals surface area contributed by atoms with Gasteiger partial charge in [0.25, 0.3) is 5.91 Å². The van der Waals surface area contributed by atoms with Crippen molar-refractivity contribution in [2.45, 2.75) is 0 Å². The Morgan fingerprint density at radius 2 is 1.89 bits per heavy atom. The minimum Gasteiger partial charge on any atom is -0.454 e. The first-order valence-electron chi connectivity index (χ1n) is 10.4. The van der Waals surface area contributed by atoms with E-state index in [1.54, 1.807) is 53.3 Å². The lowest BCUT2D eigenvalue weighted by molar-refractivity contribution is -0.380. The van der Waals surface area contributed by atoms with Crippen LogP contribution in [0.1, 0.15) is 9.67 Å². The minimum atomic E-state index is -0.543. The van der Waals surface area contributed by atoms with Gasteiger partial charge in [-0.1, -0.05) is 22.9 Å². The van der Waals surface area contributed by atoms with Crippen molar-refractivity contribution >= 4 is 50.7 Å². The second kappa shape index (κ2) is 8.59. The first-order chi connectivity index (χ1) is 17.5. The van der Waals surface area contributed by atoms with Gasteiger partial charge in [-0.2, -0.15) is 5.10 Å². The van der Waals surface area contributed by atoms with Crippen molar-refractivity contribution in [2.24, 2.45) is 0 Å². The van der Waals surface area contributed by atoms with Crippen molar-refractivity contribution < 1.29 is 19.2 Å². The van der Waals surface area contributed by atoms with E-state index in [-0.39, 0.29) is 22.5 Å². The number of nitrogens with zero attached hydrogens (tertiary/aromatic N) is 5. The Labute approximate surface area is 211 Å². The molecule has 0 saturated carbocycles.